The van der Waals surface area contributed by atoms with E-state index in [-0.39, 0.29) is 0 Å². The Kier molecular flexibility index (Phi) is 4.17. The molecule has 0 aliphatic heterocycles. The Labute approximate surface area is 134 Å². The molecule has 3 unspecified atom stereocenters. The van der Waals surface area contributed by atoms with Gasteiger partial charge in [-0.05, 0) is 49.6 Å². The van der Waals surface area contributed by atoms with Crippen LogP contribution in [0.2, 0.25) is 0 Å². The Balaban J connectivity index is 1.83. The number of thiazole rings is 1. The molecule has 4 nitrogen and oxygen atoms in total. The van der Waals surface area contributed by atoms with Gasteiger partial charge < -0.3 is 11.1 Å². The molecule has 0 saturated heterocycles. The van der Waals surface area contributed by atoms with Crippen LogP contribution in [-0.4, -0.2) is 15.4 Å². The second-order valence-electron chi connectivity index (χ2n) is 6.17. The van der Waals surface area contributed by atoms with E-state index in [1.165, 1.54) is 30.8 Å². The molecule has 1 aliphatic rings. The average Bonchev–Trinajstić information content (AvgIpc) is 2.99. The zero-order valence-corrected chi connectivity index (χ0v) is 14.4. The molecule has 21 heavy (non-hydrogen) atoms. The second-order valence-corrected chi connectivity index (χ2v) is 8.01. The van der Waals surface area contributed by atoms with Crippen LogP contribution in [0.3, 0.4) is 0 Å². The van der Waals surface area contributed by atoms with Gasteiger partial charge >= 0.3 is 0 Å². The van der Waals surface area contributed by atoms with Gasteiger partial charge in [0.05, 0.1) is 16.3 Å². The molecular weight excluding hydrogens is 300 g/mol. The zero-order valence-electron chi connectivity index (χ0n) is 12.7. The van der Waals surface area contributed by atoms with Crippen molar-refractivity contribution >= 4 is 33.7 Å². The van der Waals surface area contributed by atoms with Gasteiger partial charge in [0, 0.05) is 11.4 Å². The Morgan fingerprint density at radius 3 is 2.81 bits per heavy atom. The number of aryl methyl sites for hydroxylation is 1. The highest BCUT2D eigenvalue weighted by atomic mass is 32.1. The first-order valence-electron chi connectivity index (χ1n) is 7.48. The van der Waals surface area contributed by atoms with Gasteiger partial charge in [-0.1, -0.05) is 13.8 Å². The fourth-order valence-electron chi connectivity index (χ4n) is 3.17. The molecule has 2 aromatic heterocycles. The molecule has 0 bridgehead atoms. The summed E-state index contributed by atoms with van der Waals surface area (Å²) in [6.45, 7) is 6.70. The Morgan fingerprint density at radius 2 is 2.14 bits per heavy atom. The molecular formula is C15H22N4S2. The molecule has 0 amide bonds. The second kappa shape index (κ2) is 5.93. The minimum Gasteiger partial charge on any atom is -0.382 e. The standard InChI is InChI=1S/C15H22N4S2/c1-8-4-5-11(9(2)6-8)18-15-13(14(16)19-21-15)12-7-20-10(3)17-12/h7-9,11,18H,4-6H2,1-3H3,(H2,16,19). The van der Waals surface area contributed by atoms with Crippen LogP contribution < -0.4 is 11.1 Å². The normalized spacial score (nSPS) is 26.0. The Hall–Kier alpha value is -1.14. The molecule has 114 valence electrons. The first kappa shape index (κ1) is 14.8. The molecule has 1 fully saturated rings. The van der Waals surface area contributed by atoms with Gasteiger partial charge in [0.25, 0.3) is 0 Å². The lowest BCUT2D eigenvalue weighted by atomic mass is 9.80. The summed E-state index contributed by atoms with van der Waals surface area (Å²) in [4.78, 5) is 4.56. The van der Waals surface area contributed by atoms with Crippen LogP contribution in [0.25, 0.3) is 11.3 Å². The maximum Gasteiger partial charge on any atom is 0.148 e. The number of hydrogen-bond donors (Lipinski definition) is 2. The summed E-state index contributed by atoms with van der Waals surface area (Å²) in [5, 5.41) is 7.88. The van der Waals surface area contributed by atoms with Crippen molar-refractivity contribution in [2.45, 2.75) is 46.1 Å². The number of anilines is 2. The van der Waals surface area contributed by atoms with Gasteiger partial charge in [0.1, 0.15) is 10.8 Å². The van der Waals surface area contributed by atoms with Crippen LogP contribution in [-0.2, 0) is 0 Å². The molecule has 0 aromatic carbocycles. The van der Waals surface area contributed by atoms with Gasteiger partial charge in [0.15, 0.2) is 0 Å². The molecule has 6 heteroatoms. The first-order chi connectivity index (χ1) is 10.0. The topological polar surface area (TPSA) is 63.8 Å². The number of aromatic nitrogens is 2. The number of nitrogens with zero attached hydrogens (tertiary/aromatic N) is 2. The van der Waals surface area contributed by atoms with E-state index in [0.29, 0.717) is 17.8 Å². The summed E-state index contributed by atoms with van der Waals surface area (Å²) in [5.41, 5.74) is 8.00. The van der Waals surface area contributed by atoms with Gasteiger partial charge in [-0.2, -0.15) is 4.37 Å². The molecule has 3 N–H and O–H groups in total. The summed E-state index contributed by atoms with van der Waals surface area (Å²) in [6.07, 6.45) is 3.80. The van der Waals surface area contributed by atoms with Gasteiger partial charge in [-0.25, -0.2) is 4.98 Å². The summed E-state index contributed by atoms with van der Waals surface area (Å²) in [7, 11) is 0. The molecule has 2 heterocycles. The van der Waals surface area contributed by atoms with Crippen LogP contribution in [0.1, 0.15) is 38.1 Å². The van der Waals surface area contributed by atoms with E-state index in [1.807, 2.05) is 6.92 Å². The van der Waals surface area contributed by atoms with E-state index < -0.39 is 0 Å². The molecule has 2 aromatic rings. The number of nitrogens with two attached hydrogens (primary N) is 1. The summed E-state index contributed by atoms with van der Waals surface area (Å²) < 4.78 is 4.33. The van der Waals surface area contributed by atoms with Crippen LogP contribution in [0, 0.1) is 18.8 Å². The lowest BCUT2D eigenvalue weighted by molar-refractivity contribution is 0.277. The van der Waals surface area contributed by atoms with Crippen molar-refractivity contribution in [3.05, 3.63) is 10.4 Å². The van der Waals surface area contributed by atoms with Gasteiger partial charge in [-0.3, -0.25) is 0 Å². The third-order valence-electron chi connectivity index (χ3n) is 4.34. The maximum absolute atomic E-state index is 6.07. The summed E-state index contributed by atoms with van der Waals surface area (Å²) in [6, 6.07) is 0.513. The van der Waals surface area contributed by atoms with Crippen LogP contribution in [0.15, 0.2) is 5.38 Å². The molecule has 3 rings (SSSR count). The predicted molar refractivity (Wildman–Crippen MR) is 92.0 cm³/mol. The van der Waals surface area contributed by atoms with Crippen molar-refractivity contribution in [2.75, 3.05) is 11.1 Å². The lowest BCUT2D eigenvalue weighted by Crippen LogP contribution is -2.32. The SMILES string of the molecule is Cc1nc(-c2c(N)nsc2NC2CCC(C)CC2C)cs1. The van der Waals surface area contributed by atoms with E-state index in [9.17, 15) is 0 Å². The van der Waals surface area contributed by atoms with Crippen molar-refractivity contribution in [3.8, 4) is 11.3 Å². The van der Waals surface area contributed by atoms with E-state index in [0.717, 1.165) is 27.2 Å². The number of nitrogen functional groups attached to an aromatic ring is 1. The monoisotopic (exact) mass is 322 g/mol. The molecule has 0 spiro atoms. The molecule has 3 atom stereocenters. The molecule has 1 saturated carbocycles. The molecule has 1 aliphatic carbocycles. The Bertz CT molecular complexity index is 619. The fourth-order valence-corrected chi connectivity index (χ4v) is 4.56. The third-order valence-corrected chi connectivity index (χ3v) is 5.91. The van der Waals surface area contributed by atoms with E-state index in [1.54, 1.807) is 11.3 Å². The van der Waals surface area contributed by atoms with Crippen LogP contribution >= 0.6 is 22.9 Å². The highest BCUT2D eigenvalue weighted by Crippen LogP contribution is 2.39. The van der Waals surface area contributed by atoms with Crippen LogP contribution in [0.5, 0.6) is 0 Å². The minimum absolute atomic E-state index is 0.513. The first-order valence-corrected chi connectivity index (χ1v) is 9.14. The zero-order chi connectivity index (χ0) is 15.0. The highest BCUT2D eigenvalue weighted by Gasteiger charge is 2.27. The minimum atomic E-state index is 0.513. The number of hydrogen-bond acceptors (Lipinski definition) is 6. The number of rotatable bonds is 3. The summed E-state index contributed by atoms with van der Waals surface area (Å²) >= 11 is 3.10. The van der Waals surface area contributed by atoms with Crippen molar-refractivity contribution in [3.63, 3.8) is 0 Å². The van der Waals surface area contributed by atoms with Crippen molar-refractivity contribution in [1.82, 2.24) is 9.36 Å². The Morgan fingerprint density at radius 1 is 1.33 bits per heavy atom. The van der Waals surface area contributed by atoms with Gasteiger partial charge in [0.2, 0.25) is 0 Å². The quantitative estimate of drug-likeness (QED) is 0.879. The number of nitrogens with one attached hydrogen (secondary N) is 1. The van der Waals surface area contributed by atoms with Crippen molar-refractivity contribution in [1.29, 1.82) is 0 Å². The smallest absolute Gasteiger partial charge is 0.148 e. The van der Waals surface area contributed by atoms with Crippen molar-refractivity contribution in [2.24, 2.45) is 11.8 Å². The predicted octanol–water partition coefficient (Wildman–Crippen LogP) is 4.39. The van der Waals surface area contributed by atoms with E-state index in [2.05, 4.69) is 33.9 Å². The van der Waals surface area contributed by atoms with E-state index in [4.69, 9.17) is 5.73 Å². The van der Waals surface area contributed by atoms with Crippen molar-refractivity contribution < 1.29 is 0 Å². The summed E-state index contributed by atoms with van der Waals surface area (Å²) in [5.74, 6) is 2.11. The fraction of sp³-hybridized carbons (Fsp3) is 0.600. The molecule has 0 radical (unpaired) electrons. The maximum atomic E-state index is 6.07. The lowest BCUT2D eigenvalue weighted by Gasteiger charge is -2.33. The van der Waals surface area contributed by atoms with Crippen LogP contribution in [0.4, 0.5) is 10.8 Å². The average molecular weight is 323 g/mol. The third kappa shape index (κ3) is 3.06. The van der Waals surface area contributed by atoms with Gasteiger partial charge in [-0.15, -0.1) is 11.3 Å². The van der Waals surface area contributed by atoms with E-state index >= 15 is 0 Å². The highest BCUT2D eigenvalue weighted by molar-refractivity contribution is 7.11. The largest absolute Gasteiger partial charge is 0.382 e.